The Balaban J connectivity index is 2.45. The van der Waals surface area contributed by atoms with Crippen molar-refractivity contribution in [1.29, 1.82) is 0 Å². The minimum atomic E-state index is -0.255. The Labute approximate surface area is 99.7 Å². The van der Waals surface area contributed by atoms with Crippen molar-refractivity contribution in [3.05, 3.63) is 41.8 Å². The zero-order chi connectivity index (χ0) is 12.3. The molecule has 0 fully saturated rings. The van der Waals surface area contributed by atoms with E-state index in [0.717, 1.165) is 23.4 Å². The van der Waals surface area contributed by atoms with Gasteiger partial charge < -0.3 is 5.32 Å². The van der Waals surface area contributed by atoms with Crippen molar-refractivity contribution >= 4 is 5.95 Å². The van der Waals surface area contributed by atoms with Crippen LogP contribution in [0, 0.1) is 12.7 Å². The quantitative estimate of drug-likeness (QED) is 0.882. The summed E-state index contributed by atoms with van der Waals surface area (Å²) < 4.78 is 13.2. The van der Waals surface area contributed by atoms with E-state index in [1.165, 1.54) is 12.1 Å². The first-order chi connectivity index (χ1) is 8.20. The molecule has 88 valence electrons. The van der Waals surface area contributed by atoms with Crippen molar-refractivity contribution < 1.29 is 4.39 Å². The lowest BCUT2D eigenvalue weighted by Gasteiger charge is -2.07. The monoisotopic (exact) mass is 231 g/mol. The third kappa shape index (κ3) is 2.58. The van der Waals surface area contributed by atoms with Crippen LogP contribution in [0.15, 0.2) is 30.5 Å². The fraction of sp³-hybridized carbons (Fsp3) is 0.231. The topological polar surface area (TPSA) is 37.8 Å². The van der Waals surface area contributed by atoms with Crippen LogP contribution in [0.1, 0.15) is 12.5 Å². The van der Waals surface area contributed by atoms with Crippen LogP contribution in [0.25, 0.3) is 11.3 Å². The molecular weight excluding hydrogens is 217 g/mol. The highest BCUT2D eigenvalue weighted by Gasteiger charge is 2.06. The summed E-state index contributed by atoms with van der Waals surface area (Å²) in [5.41, 5.74) is 2.52. The SMILES string of the molecule is CCNc1nccc(-c2cc(F)ccc2C)n1. The number of hydrogen-bond acceptors (Lipinski definition) is 3. The predicted octanol–water partition coefficient (Wildman–Crippen LogP) is 3.02. The van der Waals surface area contributed by atoms with E-state index in [1.54, 1.807) is 18.3 Å². The molecule has 0 amide bonds. The van der Waals surface area contributed by atoms with Gasteiger partial charge in [0.15, 0.2) is 0 Å². The normalized spacial score (nSPS) is 10.3. The molecule has 4 heteroatoms. The average molecular weight is 231 g/mol. The molecule has 0 saturated heterocycles. The molecule has 1 heterocycles. The highest BCUT2D eigenvalue weighted by molar-refractivity contribution is 5.64. The van der Waals surface area contributed by atoms with Crippen molar-refractivity contribution in [2.45, 2.75) is 13.8 Å². The molecule has 17 heavy (non-hydrogen) atoms. The summed E-state index contributed by atoms with van der Waals surface area (Å²) in [4.78, 5) is 8.44. The van der Waals surface area contributed by atoms with Crippen LogP contribution < -0.4 is 5.32 Å². The van der Waals surface area contributed by atoms with Gasteiger partial charge in [0.2, 0.25) is 5.95 Å². The van der Waals surface area contributed by atoms with Crippen LogP contribution >= 0.6 is 0 Å². The third-order valence-corrected chi connectivity index (χ3v) is 2.47. The largest absolute Gasteiger partial charge is 0.354 e. The lowest BCUT2D eigenvalue weighted by atomic mass is 10.1. The zero-order valence-electron chi connectivity index (χ0n) is 9.87. The van der Waals surface area contributed by atoms with Crippen molar-refractivity contribution in [2.75, 3.05) is 11.9 Å². The molecule has 0 aliphatic carbocycles. The van der Waals surface area contributed by atoms with Gasteiger partial charge >= 0.3 is 0 Å². The predicted molar refractivity (Wildman–Crippen MR) is 66.3 cm³/mol. The summed E-state index contributed by atoms with van der Waals surface area (Å²) in [5, 5.41) is 3.04. The summed E-state index contributed by atoms with van der Waals surface area (Å²) >= 11 is 0. The van der Waals surface area contributed by atoms with Crippen molar-refractivity contribution in [1.82, 2.24) is 9.97 Å². The van der Waals surface area contributed by atoms with E-state index in [0.29, 0.717) is 5.95 Å². The number of hydrogen-bond donors (Lipinski definition) is 1. The van der Waals surface area contributed by atoms with Crippen LogP contribution in [-0.4, -0.2) is 16.5 Å². The molecular formula is C13H14FN3. The highest BCUT2D eigenvalue weighted by Crippen LogP contribution is 2.22. The number of aromatic nitrogens is 2. The minimum absolute atomic E-state index is 0.255. The number of benzene rings is 1. The fourth-order valence-electron chi connectivity index (χ4n) is 1.62. The Morgan fingerprint density at radius 3 is 2.88 bits per heavy atom. The Bertz CT molecular complexity index is 526. The maximum atomic E-state index is 13.2. The zero-order valence-corrected chi connectivity index (χ0v) is 9.87. The molecule has 0 aliphatic heterocycles. The molecule has 0 saturated carbocycles. The number of anilines is 1. The summed E-state index contributed by atoms with van der Waals surface area (Å²) in [6, 6.07) is 6.47. The van der Waals surface area contributed by atoms with Crippen molar-refractivity contribution in [3.63, 3.8) is 0 Å². The van der Waals surface area contributed by atoms with Crippen LogP contribution in [0.2, 0.25) is 0 Å². The molecule has 2 rings (SSSR count). The Kier molecular flexibility index (Phi) is 3.32. The molecule has 1 aromatic heterocycles. The standard InChI is InChI=1S/C13H14FN3/c1-3-15-13-16-7-6-12(17-13)11-8-10(14)5-4-9(11)2/h4-8H,3H2,1-2H3,(H,15,16,17). The maximum Gasteiger partial charge on any atom is 0.223 e. The third-order valence-electron chi connectivity index (χ3n) is 2.47. The molecule has 2 aromatic rings. The molecule has 0 unspecified atom stereocenters. The molecule has 3 nitrogen and oxygen atoms in total. The molecule has 1 N–H and O–H groups in total. The summed E-state index contributed by atoms with van der Waals surface area (Å²) in [5.74, 6) is 0.308. The Morgan fingerprint density at radius 2 is 2.12 bits per heavy atom. The first-order valence-corrected chi connectivity index (χ1v) is 5.54. The average Bonchev–Trinajstić information content (AvgIpc) is 2.33. The van der Waals surface area contributed by atoms with Crippen molar-refractivity contribution in [3.8, 4) is 11.3 Å². The van der Waals surface area contributed by atoms with Gasteiger partial charge in [0.1, 0.15) is 5.82 Å². The smallest absolute Gasteiger partial charge is 0.223 e. The molecule has 1 aromatic carbocycles. The number of rotatable bonds is 3. The van der Waals surface area contributed by atoms with Gasteiger partial charge in [-0.25, -0.2) is 14.4 Å². The number of aryl methyl sites for hydroxylation is 1. The molecule has 0 radical (unpaired) electrons. The van der Waals surface area contributed by atoms with E-state index < -0.39 is 0 Å². The van der Waals surface area contributed by atoms with Gasteiger partial charge in [-0.3, -0.25) is 0 Å². The van der Waals surface area contributed by atoms with E-state index in [2.05, 4.69) is 15.3 Å². The Morgan fingerprint density at radius 1 is 1.29 bits per heavy atom. The number of nitrogens with one attached hydrogen (secondary N) is 1. The van der Waals surface area contributed by atoms with Gasteiger partial charge in [0, 0.05) is 18.3 Å². The molecule has 0 bridgehead atoms. The van der Waals surface area contributed by atoms with E-state index in [4.69, 9.17) is 0 Å². The first kappa shape index (κ1) is 11.5. The summed E-state index contributed by atoms with van der Waals surface area (Å²) in [7, 11) is 0. The molecule has 0 aliphatic rings. The van der Waals surface area contributed by atoms with Gasteiger partial charge in [0.05, 0.1) is 5.69 Å². The van der Waals surface area contributed by atoms with Crippen LogP contribution in [0.5, 0.6) is 0 Å². The number of halogens is 1. The van der Waals surface area contributed by atoms with Crippen molar-refractivity contribution in [2.24, 2.45) is 0 Å². The maximum absolute atomic E-state index is 13.2. The van der Waals surface area contributed by atoms with E-state index in [9.17, 15) is 4.39 Å². The van der Waals surface area contributed by atoms with Crippen LogP contribution in [-0.2, 0) is 0 Å². The lowest BCUT2D eigenvalue weighted by molar-refractivity contribution is 0.628. The molecule has 0 atom stereocenters. The Hall–Kier alpha value is -1.97. The highest BCUT2D eigenvalue weighted by atomic mass is 19.1. The molecule has 0 spiro atoms. The van der Waals surface area contributed by atoms with Gasteiger partial charge in [-0.2, -0.15) is 0 Å². The second-order valence-electron chi connectivity index (χ2n) is 3.76. The van der Waals surface area contributed by atoms with Gasteiger partial charge in [0.25, 0.3) is 0 Å². The lowest BCUT2D eigenvalue weighted by Crippen LogP contribution is -2.02. The second kappa shape index (κ2) is 4.91. The second-order valence-corrected chi connectivity index (χ2v) is 3.76. The van der Waals surface area contributed by atoms with Crippen LogP contribution in [0.4, 0.5) is 10.3 Å². The summed E-state index contributed by atoms with van der Waals surface area (Å²) in [6.45, 7) is 4.67. The first-order valence-electron chi connectivity index (χ1n) is 5.54. The minimum Gasteiger partial charge on any atom is -0.354 e. The van der Waals surface area contributed by atoms with Crippen LogP contribution in [0.3, 0.4) is 0 Å². The van der Waals surface area contributed by atoms with Gasteiger partial charge in [-0.05, 0) is 37.6 Å². The van der Waals surface area contributed by atoms with Gasteiger partial charge in [-0.15, -0.1) is 0 Å². The van der Waals surface area contributed by atoms with E-state index >= 15 is 0 Å². The van der Waals surface area contributed by atoms with E-state index in [1.807, 2.05) is 13.8 Å². The summed E-state index contributed by atoms with van der Waals surface area (Å²) in [6.07, 6.45) is 1.67. The van der Waals surface area contributed by atoms with Gasteiger partial charge in [-0.1, -0.05) is 6.07 Å². The fourth-order valence-corrected chi connectivity index (χ4v) is 1.62. The van der Waals surface area contributed by atoms with E-state index in [-0.39, 0.29) is 5.82 Å². The number of nitrogens with zero attached hydrogens (tertiary/aromatic N) is 2.